The van der Waals surface area contributed by atoms with Crippen molar-refractivity contribution in [2.45, 2.75) is 136 Å². The summed E-state index contributed by atoms with van der Waals surface area (Å²) in [7, 11) is 1.54. The molecule has 3 saturated carbocycles. The van der Waals surface area contributed by atoms with Crippen LogP contribution in [-0.2, 0) is 23.7 Å². The maximum absolute atomic E-state index is 13.3. The second-order valence-electron chi connectivity index (χ2n) is 14.7. The molecule has 5 rings (SSSR count). The van der Waals surface area contributed by atoms with Crippen LogP contribution in [0.1, 0.15) is 39.0 Å². The molecule has 0 bridgehead atoms. The van der Waals surface area contributed by atoms with E-state index in [9.17, 15) is 40.5 Å². The molecule has 0 amide bonds. The highest BCUT2D eigenvalue weighted by atomic mass is 16.7. The van der Waals surface area contributed by atoms with E-state index in [4.69, 9.17) is 41.9 Å². The van der Waals surface area contributed by atoms with Crippen LogP contribution in [0.15, 0.2) is 4.99 Å². The van der Waals surface area contributed by atoms with Crippen molar-refractivity contribution in [3.63, 3.8) is 0 Å². The molecule has 5 aliphatic rings. The van der Waals surface area contributed by atoms with Gasteiger partial charge in [0.15, 0.2) is 24.3 Å². The van der Waals surface area contributed by atoms with Crippen LogP contribution < -0.4 is 33.6 Å². The van der Waals surface area contributed by atoms with E-state index >= 15 is 0 Å². The summed E-state index contributed by atoms with van der Waals surface area (Å²) in [4.78, 5) is 17.2. The Morgan fingerprint density at radius 1 is 0.918 bits per heavy atom. The van der Waals surface area contributed by atoms with Gasteiger partial charge in [0.1, 0.15) is 53.9 Å². The van der Waals surface area contributed by atoms with Gasteiger partial charge in [0.2, 0.25) is 0 Å². The maximum Gasteiger partial charge on any atom is 0.187 e. The predicted molar refractivity (Wildman–Crippen MR) is 170 cm³/mol. The Morgan fingerprint density at radius 3 is 2.22 bits per heavy atom. The first kappa shape index (κ1) is 38.6. The van der Waals surface area contributed by atoms with E-state index < -0.39 is 102 Å². The van der Waals surface area contributed by atoms with E-state index in [1.165, 1.54) is 6.92 Å². The van der Waals surface area contributed by atoms with Crippen molar-refractivity contribution in [3.8, 4) is 0 Å². The van der Waals surface area contributed by atoms with Gasteiger partial charge in [-0.05, 0) is 51.6 Å². The second-order valence-corrected chi connectivity index (χ2v) is 14.7. The van der Waals surface area contributed by atoms with Gasteiger partial charge in [-0.3, -0.25) is 4.79 Å². The smallest absolute Gasteiger partial charge is 0.187 e. The molecule has 2 aliphatic heterocycles. The van der Waals surface area contributed by atoms with Gasteiger partial charge in [-0.1, -0.05) is 0 Å². The highest BCUT2D eigenvalue weighted by Gasteiger charge is 2.61. The molecule has 0 radical (unpaired) electrons. The van der Waals surface area contributed by atoms with E-state index in [1.54, 1.807) is 7.05 Å². The fraction of sp³-hybridized carbons (Fsp3) is 0.933. The molecule has 5 fully saturated rings. The van der Waals surface area contributed by atoms with Crippen molar-refractivity contribution in [1.29, 1.82) is 0 Å². The number of likely N-dealkylation sites (N-methyl/N-ethyl adjacent to an activating group) is 1. The summed E-state index contributed by atoms with van der Waals surface area (Å²) >= 11 is 0. The zero-order valence-corrected chi connectivity index (χ0v) is 27.8. The molecule has 0 aromatic carbocycles. The molecule has 0 spiro atoms. The lowest BCUT2D eigenvalue weighted by Crippen LogP contribution is -2.67. The van der Waals surface area contributed by atoms with Crippen molar-refractivity contribution in [2.75, 3.05) is 26.7 Å². The van der Waals surface area contributed by atoms with Crippen LogP contribution in [-0.4, -0.2) is 171 Å². The number of hydrogen-bond acceptors (Lipinski definition) is 17. The van der Waals surface area contributed by atoms with Crippen LogP contribution in [0.25, 0.3) is 0 Å². The average molecular weight is 706 g/mol. The summed E-state index contributed by atoms with van der Waals surface area (Å²) in [6.45, 7) is 1.99. The van der Waals surface area contributed by atoms with Gasteiger partial charge < -0.3 is 88.3 Å². The van der Waals surface area contributed by atoms with Crippen LogP contribution in [0.5, 0.6) is 0 Å². The Labute approximate surface area is 284 Å². The second kappa shape index (κ2) is 15.1. The van der Waals surface area contributed by atoms with Gasteiger partial charge in [-0.25, -0.2) is 4.99 Å². The minimum atomic E-state index is -1.82. The summed E-state index contributed by atoms with van der Waals surface area (Å²) < 4.78 is 23.7. The fourth-order valence-electron chi connectivity index (χ4n) is 7.65. The number of carbonyl (C=O) groups is 1. The van der Waals surface area contributed by atoms with Crippen LogP contribution in [0.3, 0.4) is 0 Å². The average Bonchev–Trinajstić information content (AvgIpc) is 3.67. The monoisotopic (exact) mass is 705 g/mol. The number of ether oxygens (including phenoxy) is 4. The molecule has 0 aromatic rings. The number of aliphatic hydroxyl groups is 7. The highest BCUT2D eigenvalue weighted by Crippen LogP contribution is 2.44. The molecule has 19 nitrogen and oxygen atoms in total. The Balaban J connectivity index is 1.31. The first-order valence-corrected chi connectivity index (χ1v) is 16.9. The Kier molecular flexibility index (Phi) is 11.9. The molecule has 19 heteroatoms. The zero-order chi connectivity index (χ0) is 36.0. The molecule has 2 saturated heterocycles. The summed E-state index contributed by atoms with van der Waals surface area (Å²) in [5.74, 6) is -1.35. The number of guanidine groups is 1. The Bertz CT molecular complexity index is 1180. The molecular weight excluding hydrogens is 650 g/mol. The zero-order valence-electron chi connectivity index (χ0n) is 27.8. The fourth-order valence-corrected chi connectivity index (χ4v) is 7.65. The van der Waals surface area contributed by atoms with E-state index in [0.29, 0.717) is 12.5 Å². The number of ketones is 1. The molecule has 3 unspecified atom stereocenters. The number of hydrogen-bond donors (Lipinski definition) is 13. The molecule has 17 N–H and O–H groups in total. The van der Waals surface area contributed by atoms with Gasteiger partial charge in [0.25, 0.3) is 0 Å². The minimum absolute atomic E-state index is 0.000332. The largest absolute Gasteiger partial charge is 0.388 e. The third kappa shape index (κ3) is 8.21. The lowest BCUT2D eigenvalue weighted by atomic mass is 9.76. The summed E-state index contributed by atoms with van der Waals surface area (Å²) in [5.41, 5.74) is 19.9. The first-order valence-electron chi connectivity index (χ1n) is 16.9. The topological polar surface area (TPSA) is 336 Å². The first-order chi connectivity index (χ1) is 23.0. The predicted octanol–water partition coefficient (Wildman–Crippen LogP) is -6.61. The Hall–Kier alpha value is -1.66. The quantitative estimate of drug-likeness (QED) is 0.0625. The molecule has 0 aromatic heterocycles. The van der Waals surface area contributed by atoms with Crippen LogP contribution >= 0.6 is 0 Å². The third-order valence-corrected chi connectivity index (χ3v) is 10.7. The van der Waals surface area contributed by atoms with Crippen molar-refractivity contribution in [3.05, 3.63) is 0 Å². The molecule has 2 heterocycles. The van der Waals surface area contributed by atoms with Crippen molar-refractivity contribution in [2.24, 2.45) is 39.8 Å². The third-order valence-electron chi connectivity index (χ3n) is 10.7. The number of rotatable bonds is 13. The van der Waals surface area contributed by atoms with Gasteiger partial charge in [-0.15, -0.1) is 0 Å². The van der Waals surface area contributed by atoms with Crippen LogP contribution in [0.2, 0.25) is 0 Å². The molecular formula is C30H55N7O12. The molecule has 3 aliphatic carbocycles. The number of Topliss-reactive ketones (excluding diaryl/α,β-unsaturated/α-hetero) is 1. The summed E-state index contributed by atoms with van der Waals surface area (Å²) in [5, 5.41) is 82.5. The highest BCUT2D eigenvalue weighted by molar-refractivity contribution is 5.92. The van der Waals surface area contributed by atoms with E-state index in [1.807, 2.05) is 0 Å². The standard InChI is InChI=1S/C30H55N7O12/c1-29(44)10-46-26(22(43)25(29)35-2)48-23-12(6-17(38)30(45)7-16(30)37-28(33)34)5-14(32)24(21(23)42)49-27-20(41)19(40)18(39)15(47-27)9-36-8-11-3-13(31)4-11/h11-16,18-27,35-36,39-45H,3-10,31-32H2,1-2H3,(H4,33,34,37)/t11?,12-,13?,14-,15+,16?,18+,19-,20+,21+,22+,23-,24?,25+,26+,27+,29-,30?/m0/s1. The molecule has 16 atom stereocenters. The number of aliphatic hydroxyl groups excluding tert-OH is 5. The van der Waals surface area contributed by atoms with Gasteiger partial charge in [-0.2, -0.15) is 0 Å². The summed E-state index contributed by atoms with van der Waals surface area (Å²) in [6, 6.07) is -2.52. The number of carbonyl (C=O) groups excluding carboxylic acids is 1. The van der Waals surface area contributed by atoms with Gasteiger partial charge in [0.05, 0.1) is 24.8 Å². The van der Waals surface area contributed by atoms with E-state index in [2.05, 4.69) is 15.6 Å². The normalized spacial score (nSPS) is 49.9. The van der Waals surface area contributed by atoms with Crippen molar-refractivity contribution in [1.82, 2.24) is 10.6 Å². The number of aliphatic imine (C=N–C) groups is 1. The lowest BCUT2D eigenvalue weighted by molar-refractivity contribution is -0.333. The van der Waals surface area contributed by atoms with Crippen molar-refractivity contribution >= 4 is 11.7 Å². The number of nitrogens with zero attached hydrogens (tertiary/aromatic N) is 1. The van der Waals surface area contributed by atoms with E-state index in [0.717, 1.165) is 12.8 Å². The van der Waals surface area contributed by atoms with Gasteiger partial charge in [0, 0.05) is 31.5 Å². The number of nitrogens with one attached hydrogen (secondary N) is 2. The van der Waals surface area contributed by atoms with Crippen molar-refractivity contribution < 1.29 is 59.5 Å². The molecule has 49 heavy (non-hydrogen) atoms. The lowest BCUT2D eigenvalue weighted by Gasteiger charge is -2.49. The summed E-state index contributed by atoms with van der Waals surface area (Å²) in [6.07, 6.45) is -12.9. The van der Waals surface area contributed by atoms with Crippen LogP contribution in [0.4, 0.5) is 0 Å². The minimum Gasteiger partial charge on any atom is -0.388 e. The molecule has 282 valence electrons. The van der Waals surface area contributed by atoms with Gasteiger partial charge >= 0.3 is 0 Å². The van der Waals surface area contributed by atoms with E-state index in [-0.39, 0.29) is 44.4 Å². The number of nitrogens with two attached hydrogens (primary N) is 4. The SMILES string of the molecule is CN[C@@H]1[C@@H](O)[C@@H](O[C@H]2[C@H](CC(=O)C3(O)CC3N=C(N)N)C[C@H](N)C(O[C@H]3O[C@H](CNCC4CC(N)C4)[C@@H](O)[C@H](O)[C@H]3O)[C@@H]2O)OC[C@]1(C)O. The Morgan fingerprint density at radius 2 is 1.59 bits per heavy atom. The maximum atomic E-state index is 13.3. The van der Waals surface area contributed by atoms with Crippen LogP contribution in [0, 0.1) is 11.8 Å².